The van der Waals surface area contributed by atoms with Crippen molar-refractivity contribution in [2.45, 2.75) is 6.61 Å². The van der Waals surface area contributed by atoms with E-state index in [-0.39, 0.29) is 11.3 Å². The normalized spacial score (nSPS) is 10.2. The largest absolute Gasteiger partial charge is 0.391 e. The third kappa shape index (κ3) is 3.52. The number of urea groups is 1. The molecule has 1 aromatic carbocycles. The highest BCUT2D eigenvalue weighted by atomic mass is 79.9. The van der Waals surface area contributed by atoms with Gasteiger partial charge < -0.3 is 15.7 Å². The number of nitrogens with one attached hydrogen (secondary N) is 2. The lowest BCUT2D eigenvalue weighted by atomic mass is 10.2. The van der Waals surface area contributed by atoms with E-state index in [9.17, 15) is 9.18 Å². The number of aromatic nitrogens is 1. The number of nitrogens with zero attached hydrogens (tertiary/aromatic N) is 1. The van der Waals surface area contributed by atoms with E-state index in [4.69, 9.17) is 5.11 Å². The highest BCUT2D eigenvalue weighted by Gasteiger charge is 2.10. The Morgan fingerprint density at radius 3 is 2.85 bits per heavy atom. The van der Waals surface area contributed by atoms with Gasteiger partial charge in [0.15, 0.2) is 0 Å². The molecule has 0 aliphatic rings. The fourth-order valence-electron chi connectivity index (χ4n) is 1.60. The van der Waals surface area contributed by atoms with Gasteiger partial charge in [0.1, 0.15) is 10.4 Å². The lowest BCUT2D eigenvalue weighted by molar-refractivity contribution is 0.261. The van der Waals surface area contributed by atoms with Crippen LogP contribution in [0.25, 0.3) is 0 Å². The van der Waals surface area contributed by atoms with Crippen molar-refractivity contribution in [3.05, 3.63) is 52.5 Å². The zero-order valence-corrected chi connectivity index (χ0v) is 11.8. The lowest BCUT2D eigenvalue weighted by Crippen LogP contribution is -2.20. The summed E-state index contributed by atoms with van der Waals surface area (Å²) in [5.74, 6) is -0.572. The Kier molecular flexibility index (Phi) is 4.65. The van der Waals surface area contributed by atoms with Crippen LogP contribution in [0.3, 0.4) is 0 Å². The summed E-state index contributed by atoms with van der Waals surface area (Å²) in [6.45, 7) is -0.497. The molecule has 3 N–H and O–H groups in total. The van der Waals surface area contributed by atoms with E-state index < -0.39 is 18.5 Å². The molecular formula is C13H11BrFN3O2. The van der Waals surface area contributed by atoms with E-state index in [2.05, 4.69) is 31.5 Å². The van der Waals surface area contributed by atoms with Crippen molar-refractivity contribution < 1.29 is 14.3 Å². The zero-order chi connectivity index (χ0) is 14.5. The standard InChI is InChI=1S/C13H11BrFN3O2/c14-12-6-8(4-5-16-12)17-13(20)18-11-3-1-2-10(15)9(11)7-19/h1-6,19H,7H2,(H2,16,17,18,20). The summed E-state index contributed by atoms with van der Waals surface area (Å²) in [5, 5.41) is 14.2. The first-order valence-corrected chi connectivity index (χ1v) is 6.47. The predicted molar refractivity (Wildman–Crippen MR) is 76.9 cm³/mol. The minimum atomic E-state index is -0.572. The van der Waals surface area contributed by atoms with Crippen LogP contribution >= 0.6 is 15.9 Å². The van der Waals surface area contributed by atoms with Crippen molar-refractivity contribution in [2.75, 3.05) is 10.6 Å². The molecule has 2 aromatic rings. The van der Waals surface area contributed by atoms with E-state index in [0.29, 0.717) is 10.3 Å². The van der Waals surface area contributed by atoms with Crippen molar-refractivity contribution in [2.24, 2.45) is 0 Å². The summed E-state index contributed by atoms with van der Waals surface area (Å²) in [7, 11) is 0. The number of rotatable bonds is 3. The molecule has 0 spiro atoms. The topological polar surface area (TPSA) is 74.2 Å². The number of carbonyl (C=O) groups is 1. The monoisotopic (exact) mass is 339 g/mol. The summed E-state index contributed by atoms with van der Waals surface area (Å²) < 4.78 is 14.0. The van der Waals surface area contributed by atoms with Gasteiger partial charge in [-0.1, -0.05) is 6.07 Å². The summed E-state index contributed by atoms with van der Waals surface area (Å²) in [6, 6.07) is 6.88. The maximum atomic E-state index is 13.4. The van der Waals surface area contributed by atoms with Crippen LogP contribution in [0.4, 0.5) is 20.6 Å². The molecule has 0 unspecified atom stereocenters. The van der Waals surface area contributed by atoms with Gasteiger partial charge in [-0.3, -0.25) is 0 Å². The SMILES string of the molecule is O=C(Nc1ccnc(Br)c1)Nc1cccc(F)c1CO. The molecule has 0 saturated carbocycles. The minimum absolute atomic E-state index is 0.0403. The van der Waals surface area contributed by atoms with Crippen molar-refractivity contribution >= 4 is 33.3 Å². The number of halogens is 2. The van der Waals surface area contributed by atoms with E-state index in [1.165, 1.54) is 24.4 Å². The van der Waals surface area contributed by atoms with Gasteiger partial charge in [0.2, 0.25) is 0 Å². The number of amides is 2. The minimum Gasteiger partial charge on any atom is -0.391 e. The van der Waals surface area contributed by atoms with Crippen LogP contribution in [0, 0.1) is 5.82 Å². The maximum Gasteiger partial charge on any atom is 0.323 e. The van der Waals surface area contributed by atoms with Gasteiger partial charge in [-0.05, 0) is 40.2 Å². The number of pyridine rings is 1. The molecule has 1 aromatic heterocycles. The molecule has 1 heterocycles. The number of carbonyl (C=O) groups excluding carboxylic acids is 1. The lowest BCUT2D eigenvalue weighted by Gasteiger charge is -2.11. The maximum absolute atomic E-state index is 13.4. The second-order valence-corrected chi connectivity index (χ2v) is 4.68. The van der Waals surface area contributed by atoms with E-state index in [1.807, 2.05) is 0 Å². The van der Waals surface area contributed by atoms with Crippen molar-refractivity contribution in [1.82, 2.24) is 4.98 Å². The van der Waals surface area contributed by atoms with E-state index in [1.54, 1.807) is 12.1 Å². The van der Waals surface area contributed by atoms with Crippen molar-refractivity contribution in [1.29, 1.82) is 0 Å². The summed E-state index contributed by atoms with van der Waals surface area (Å²) in [4.78, 5) is 15.7. The van der Waals surface area contributed by atoms with Gasteiger partial charge in [0.05, 0.1) is 12.3 Å². The Hall–Kier alpha value is -1.99. The van der Waals surface area contributed by atoms with Gasteiger partial charge >= 0.3 is 6.03 Å². The molecular weight excluding hydrogens is 329 g/mol. The fourth-order valence-corrected chi connectivity index (χ4v) is 1.97. The molecule has 0 radical (unpaired) electrons. The zero-order valence-electron chi connectivity index (χ0n) is 10.2. The number of aliphatic hydroxyl groups excluding tert-OH is 1. The number of aliphatic hydroxyl groups is 1. The highest BCUT2D eigenvalue weighted by molar-refractivity contribution is 9.10. The van der Waals surface area contributed by atoms with Crippen LogP contribution < -0.4 is 10.6 Å². The van der Waals surface area contributed by atoms with Gasteiger partial charge in [-0.2, -0.15) is 0 Å². The van der Waals surface area contributed by atoms with Crippen LogP contribution in [0.1, 0.15) is 5.56 Å². The van der Waals surface area contributed by atoms with Crippen LogP contribution in [-0.4, -0.2) is 16.1 Å². The number of hydrogen-bond acceptors (Lipinski definition) is 3. The van der Waals surface area contributed by atoms with Gasteiger partial charge in [0, 0.05) is 17.4 Å². The Morgan fingerprint density at radius 2 is 2.15 bits per heavy atom. The number of benzene rings is 1. The Balaban J connectivity index is 2.11. The molecule has 0 bridgehead atoms. The second-order valence-electron chi connectivity index (χ2n) is 3.87. The quantitative estimate of drug-likeness (QED) is 0.752. The van der Waals surface area contributed by atoms with Crippen molar-refractivity contribution in [3.63, 3.8) is 0 Å². The first-order chi connectivity index (χ1) is 9.60. The molecule has 7 heteroatoms. The second kappa shape index (κ2) is 6.44. The predicted octanol–water partition coefficient (Wildman–Crippen LogP) is 3.12. The van der Waals surface area contributed by atoms with Gasteiger partial charge in [-0.15, -0.1) is 0 Å². The molecule has 0 fully saturated rings. The molecule has 104 valence electrons. The van der Waals surface area contributed by atoms with Crippen molar-refractivity contribution in [3.8, 4) is 0 Å². The first-order valence-electron chi connectivity index (χ1n) is 5.68. The van der Waals surface area contributed by atoms with E-state index in [0.717, 1.165) is 0 Å². The number of hydrogen-bond donors (Lipinski definition) is 3. The van der Waals surface area contributed by atoms with Gasteiger partial charge in [0.25, 0.3) is 0 Å². The van der Waals surface area contributed by atoms with Crippen LogP contribution in [0.15, 0.2) is 41.1 Å². The molecule has 0 aliphatic carbocycles. The molecule has 2 rings (SSSR count). The molecule has 5 nitrogen and oxygen atoms in total. The summed E-state index contributed by atoms with van der Waals surface area (Å²) in [6.07, 6.45) is 1.53. The average Bonchev–Trinajstić information content (AvgIpc) is 2.38. The third-order valence-electron chi connectivity index (χ3n) is 2.51. The Morgan fingerprint density at radius 1 is 1.35 bits per heavy atom. The van der Waals surface area contributed by atoms with Crippen LogP contribution in [0.2, 0.25) is 0 Å². The highest BCUT2D eigenvalue weighted by Crippen LogP contribution is 2.19. The molecule has 20 heavy (non-hydrogen) atoms. The fraction of sp³-hybridized carbons (Fsp3) is 0.0769. The first kappa shape index (κ1) is 14.4. The average molecular weight is 340 g/mol. The Bertz CT molecular complexity index is 637. The Labute approximate surface area is 123 Å². The third-order valence-corrected chi connectivity index (χ3v) is 2.94. The number of anilines is 2. The summed E-state index contributed by atoms with van der Waals surface area (Å²) in [5.41, 5.74) is 0.794. The smallest absolute Gasteiger partial charge is 0.323 e. The molecule has 0 atom stereocenters. The van der Waals surface area contributed by atoms with Gasteiger partial charge in [-0.25, -0.2) is 14.2 Å². The van der Waals surface area contributed by atoms with E-state index >= 15 is 0 Å². The molecule has 0 saturated heterocycles. The molecule has 0 aliphatic heterocycles. The summed E-state index contributed by atoms with van der Waals surface area (Å²) >= 11 is 3.19. The van der Waals surface area contributed by atoms with Crippen LogP contribution in [0.5, 0.6) is 0 Å². The molecule has 2 amide bonds. The van der Waals surface area contributed by atoms with Crippen LogP contribution in [-0.2, 0) is 6.61 Å².